The molecule has 0 spiro atoms. The zero-order valence-corrected chi connectivity index (χ0v) is 32.0. The maximum Gasteiger partial charge on any atom is 0.432 e. The van der Waals surface area contributed by atoms with Crippen LogP contribution in [0.4, 0.5) is 13.2 Å². The number of H-pyrrole nitrogens is 1. The molecule has 0 bridgehead atoms. The minimum absolute atomic E-state index is 0.00910. The Balaban J connectivity index is 1.45. The molecule has 21 heteroatoms. The molecule has 0 aliphatic carbocycles. The van der Waals surface area contributed by atoms with Gasteiger partial charge in [0.2, 0.25) is 33.7 Å². The Morgan fingerprint density at radius 1 is 0.946 bits per heavy atom. The molecule has 4 aromatic rings. The molecule has 4 amide bonds. The summed E-state index contributed by atoms with van der Waals surface area (Å²) in [7, 11) is -4.58. The molecule has 3 atom stereocenters. The molecule has 0 unspecified atom stereocenters. The molecule has 1 aliphatic rings. The van der Waals surface area contributed by atoms with Gasteiger partial charge in [0.15, 0.2) is 11.6 Å². The van der Waals surface area contributed by atoms with Crippen LogP contribution < -0.4 is 21.3 Å². The first-order chi connectivity index (χ1) is 26.3. The first kappa shape index (κ1) is 41.6. The van der Waals surface area contributed by atoms with E-state index in [1.54, 1.807) is 31.2 Å². The predicted octanol–water partition coefficient (Wildman–Crippen LogP) is 2.68. The number of aromatic nitrogens is 5. The summed E-state index contributed by atoms with van der Waals surface area (Å²) in [6.07, 6.45) is -4.51. The van der Waals surface area contributed by atoms with Gasteiger partial charge in [-0.05, 0) is 45.6 Å². The Morgan fingerprint density at radius 3 is 2.32 bits per heavy atom. The SMILES string of the molecule is Cc1oc(-c2cc(C(F)(F)F)[nH]n2)cc1S(=O)(=O)N1CCCNC(=O)Cn2nc(-c3ccccc3)nc2[C@H](C)NC(=O)[C@@H](CC(C)C)NC(=O)[C@@H](C)NC(=O)C1. The van der Waals surface area contributed by atoms with E-state index >= 15 is 0 Å². The highest BCUT2D eigenvalue weighted by atomic mass is 32.2. The van der Waals surface area contributed by atoms with Crippen LogP contribution >= 0.6 is 0 Å². The molecule has 0 saturated heterocycles. The largest absolute Gasteiger partial charge is 0.458 e. The number of carbonyl (C=O) groups excluding carboxylic acids is 4. The molecule has 5 rings (SSSR count). The third-order valence-electron chi connectivity index (χ3n) is 8.73. The van der Waals surface area contributed by atoms with Crippen LogP contribution in [0, 0.1) is 12.8 Å². The number of nitrogens with zero attached hydrogens (tertiary/aromatic N) is 5. The average Bonchev–Trinajstić information content (AvgIpc) is 3.88. The third-order valence-corrected chi connectivity index (χ3v) is 10.7. The van der Waals surface area contributed by atoms with E-state index in [1.165, 1.54) is 18.5 Å². The van der Waals surface area contributed by atoms with Crippen molar-refractivity contribution < 1.29 is 45.2 Å². The number of nitrogens with one attached hydrogen (secondary N) is 5. The van der Waals surface area contributed by atoms with Gasteiger partial charge in [-0.1, -0.05) is 44.2 Å². The zero-order valence-electron chi connectivity index (χ0n) is 31.2. The number of sulfonamides is 1. The number of aryl methyl sites for hydroxylation is 1. The van der Waals surface area contributed by atoms with Crippen molar-refractivity contribution in [2.75, 3.05) is 19.6 Å². The highest BCUT2D eigenvalue weighted by Crippen LogP contribution is 2.33. The van der Waals surface area contributed by atoms with Crippen LogP contribution in [-0.2, 0) is 41.9 Å². The number of carbonyl (C=O) groups is 4. The number of amides is 4. The Kier molecular flexibility index (Phi) is 12.7. The molecule has 3 aromatic heterocycles. The van der Waals surface area contributed by atoms with Crippen LogP contribution in [-0.4, -0.2) is 93.0 Å². The molecule has 1 aliphatic heterocycles. The minimum Gasteiger partial charge on any atom is -0.458 e. The molecule has 0 radical (unpaired) electrons. The molecule has 5 N–H and O–H groups in total. The van der Waals surface area contributed by atoms with E-state index in [2.05, 4.69) is 36.4 Å². The van der Waals surface area contributed by atoms with Crippen LogP contribution in [0.25, 0.3) is 22.8 Å². The van der Waals surface area contributed by atoms with E-state index in [1.807, 2.05) is 25.0 Å². The zero-order chi connectivity index (χ0) is 40.9. The van der Waals surface area contributed by atoms with Crippen molar-refractivity contribution in [2.45, 2.75) is 83.2 Å². The van der Waals surface area contributed by atoms with E-state index in [0.29, 0.717) is 17.5 Å². The number of hydrogen-bond acceptors (Lipinski definition) is 10. The van der Waals surface area contributed by atoms with Crippen molar-refractivity contribution in [3.05, 3.63) is 59.7 Å². The van der Waals surface area contributed by atoms with E-state index in [9.17, 15) is 40.8 Å². The third kappa shape index (κ3) is 9.99. The Bertz CT molecular complexity index is 2170. The van der Waals surface area contributed by atoms with Gasteiger partial charge < -0.3 is 25.7 Å². The second-order valence-corrected chi connectivity index (χ2v) is 15.7. The average molecular weight is 805 g/mol. The predicted molar refractivity (Wildman–Crippen MR) is 193 cm³/mol. The summed E-state index contributed by atoms with van der Waals surface area (Å²) in [4.78, 5) is 57.7. The van der Waals surface area contributed by atoms with Crippen LogP contribution in [0.2, 0.25) is 0 Å². The lowest BCUT2D eigenvalue weighted by molar-refractivity contribution is -0.141. The summed E-state index contributed by atoms with van der Waals surface area (Å²) in [5.41, 5.74) is -0.810. The second-order valence-electron chi connectivity index (χ2n) is 13.8. The Hall–Kier alpha value is -5.57. The van der Waals surface area contributed by atoms with Gasteiger partial charge in [0.25, 0.3) is 0 Å². The normalized spacial score (nSPS) is 20.3. The van der Waals surface area contributed by atoms with Gasteiger partial charge in [0.1, 0.15) is 46.5 Å². The van der Waals surface area contributed by atoms with Gasteiger partial charge in [-0.3, -0.25) is 24.3 Å². The van der Waals surface area contributed by atoms with Crippen molar-refractivity contribution in [3.8, 4) is 22.8 Å². The molecule has 0 saturated carbocycles. The van der Waals surface area contributed by atoms with Crippen molar-refractivity contribution in [3.63, 3.8) is 0 Å². The minimum atomic E-state index is -4.74. The van der Waals surface area contributed by atoms with Crippen LogP contribution in [0.1, 0.15) is 63.9 Å². The summed E-state index contributed by atoms with van der Waals surface area (Å²) in [6.45, 7) is 6.59. The number of alkyl halides is 3. The highest BCUT2D eigenvalue weighted by molar-refractivity contribution is 7.89. The number of halogens is 3. The summed E-state index contributed by atoms with van der Waals surface area (Å²) in [6, 6.07) is 7.64. The molecule has 0 fully saturated rings. The number of aromatic amines is 1. The second kappa shape index (κ2) is 17.1. The van der Waals surface area contributed by atoms with Gasteiger partial charge in [-0.25, -0.2) is 18.1 Å². The summed E-state index contributed by atoms with van der Waals surface area (Å²) < 4.78 is 75.3. The molecule has 1 aromatic carbocycles. The van der Waals surface area contributed by atoms with Crippen LogP contribution in [0.15, 0.2) is 51.8 Å². The molecular formula is C35H43F3N10O7S. The fourth-order valence-electron chi connectivity index (χ4n) is 5.93. The maximum absolute atomic E-state index is 14.1. The molecule has 4 heterocycles. The number of furan rings is 1. The number of fused-ring (bicyclic) bond motifs is 1. The van der Waals surface area contributed by atoms with Crippen molar-refractivity contribution in [1.29, 1.82) is 0 Å². The molecule has 17 nitrogen and oxygen atoms in total. The van der Waals surface area contributed by atoms with E-state index < -0.39 is 75.1 Å². The lowest BCUT2D eigenvalue weighted by Gasteiger charge is -2.25. The lowest BCUT2D eigenvalue weighted by Crippen LogP contribution is -2.54. The van der Waals surface area contributed by atoms with Gasteiger partial charge in [0, 0.05) is 24.7 Å². The fourth-order valence-corrected chi connectivity index (χ4v) is 7.53. The van der Waals surface area contributed by atoms with Gasteiger partial charge in [-0.2, -0.15) is 27.7 Å². The maximum atomic E-state index is 14.1. The molecule has 302 valence electrons. The Labute approximate surface area is 320 Å². The van der Waals surface area contributed by atoms with Crippen molar-refractivity contribution in [2.24, 2.45) is 5.92 Å². The van der Waals surface area contributed by atoms with Gasteiger partial charge >= 0.3 is 6.18 Å². The number of hydrogen-bond donors (Lipinski definition) is 5. The lowest BCUT2D eigenvalue weighted by atomic mass is 10.0. The van der Waals surface area contributed by atoms with Crippen LogP contribution in [0.5, 0.6) is 0 Å². The Morgan fingerprint density at radius 2 is 1.66 bits per heavy atom. The number of benzene rings is 1. The first-order valence-electron chi connectivity index (χ1n) is 17.7. The highest BCUT2D eigenvalue weighted by Gasteiger charge is 2.36. The number of rotatable bonds is 6. The topological polar surface area (TPSA) is 226 Å². The molecule has 56 heavy (non-hydrogen) atoms. The van der Waals surface area contributed by atoms with E-state index in [4.69, 9.17) is 4.42 Å². The van der Waals surface area contributed by atoms with Gasteiger partial charge in [0.05, 0.1) is 12.6 Å². The quantitative estimate of drug-likeness (QED) is 0.192. The summed E-state index contributed by atoms with van der Waals surface area (Å²) >= 11 is 0. The van der Waals surface area contributed by atoms with Gasteiger partial charge in [-0.15, -0.1) is 0 Å². The smallest absolute Gasteiger partial charge is 0.432 e. The monoisotopic (exact) mass is 804 g/mol. The molecular weight excluding hydrogens is 762 g/mol. The van der Waals surface area contributed by atoms with Crippen LogP contribution in [0.3, 0.4) is 0 Å². The summed E-state index contributed by atoms with van der Waals surface area (Å²) in [5.74, 6) is -2.58. The first-order valence-corrected chi connectivity index (χ1v) is 19.2. The summed E-state index contributed by atoms with van der Waals surface area (Å²) in [5, 5.41) is 20.7. The van der Waals surface area contributed by atoms with Crippen molar-refractivity contribution in [1.82, 2.24) is 50.5 Å². The standard InChI is InChI=1S/C35H43F3N10O7S/c1-19(2)14-25-34(52)41-20(3)32-43-31(23-10-7-6-8-11-23)46-48(32)18-29(49)39-12-9-13-47(17-30(50)40-21(4)33(51)42-25)56(53,54)27-16-26(55-22(27)5)24-15-28(45-44-24)35(36,37)38/h6-8,10-11,15-16,19-21,25H,9,12-14,17-18H2,1-5H3,(H,39,49)(H,40,50)(H,41,52)(H,42,51)(H,44,45)/t20-,21+,25+/m0/s1. The van der Waals surface area contributed by atoms with E-state index in [0.717, 1.165) is 10.4 Å². The fraction of sp³-hybridized carbons (Fsp3) is 0.457. The van der Waals surface area contributed by atoms with Crippen molar-refractivity contribution >= 4 is 33.7 Å². The van der Waals surface area contributed by atoms with E-state index in [-0.39, 0.29) is 61.4 Å².